The lowest BCUT2D eigenvalue weighted by molar-refractivity contribution is 0.627. The number of aryl methyl sites for hydroxylation is 1. The van der Waals surface area contributed by atoms with Crippen LogP contribution in [0.15, 0.2) is 29.2 Å². The van der Waals surface area contributed by atoms with Gasteiger partial charge in [-0.25, -0.2) is 14.4 Å². The molecule has 0 N–H and O–H groups in total. The van der Waals surface area contributed by atoms with Gasteiger partial charge >= 0.3 is 0 Å². The minimum Gasteiger partial charge on any atom is -0.217 e. The van der Waals surface area contributed by atoms with Crippen molar-refractivity contribution in [1.82, 2.24) is 9.97 Å². The monoisotopic (exact) mass is 338 g/mol. The van der Waals surface area contributed by atoms with E-state index >= 15 is 0 Å². The van der Waals surface area contributed by atoms with Crippen LogP contribution in [0.25, 0.3) is 21.6 Å². The molecule has 3 aromatic rings. The largest absolute Gasteiger partial charge is 0.217 e. The highest BCUT2D eigenvalue weighted by atomic mass is 35.5. The molecule has 0 spiro atoms. The van der Waals surface area contributed by atoms with Gasteiger partial charge in [0.15, 0.2) is 5.82 Å². The molecule has 0 atom stereocenters. The second-order valence-electron chi connectivity index (χ2n) is 4.46. The molecule has 0 aliphatic carbocycles. The van der Waals surface area contributed by atoms with Crippen LogP contribution in [0.4, 0.5) is 4.39 Å². The Labute approximate surface area is 135 Å². The maximum atomic E-state index is 14.3. The summed E-state index contributed by atoms with van der Waals surface area (Å²) < 4.78 is 14.3. The van der Waals surface area contributed by atoms with E-state index in [4.69, 9.17) is 11.6 Å². The minimum atomic E-state index is -0.322. The molecule has 2 nitrogen and oxygen atoms in total. The molecule has 0 saturated carbocycles. The highest BCUT2D eigenvalue weighted by molar-refractivity contribution is 7.99. The average Bonchev–Trinajstić information content (AvgIpc) is 2.80. The maximum Gasteiger partial charge on any atom is 0.166 e. The predicted octanol–water partition coefficient (Wildman–Crippen LogP) is 5.57. The number of halogens is 2. The highest BCUT2D eigenvalue weighted by Crippen LogP contribution is 2.35. The van der Waals surface area contributed by atoms with Crippen LogP contribution in [0.3, 0.4) is 0 Å². The fraction of sp³-hybridized carbons (Fsp3) is 0.200. The topological polar surface area (TPSA) is 25.8 Å². The zero-order chi connectivity index (χ0) is 15.0. The van der Waals surface area contributed by atoms with Crippen LogP contribution >= 0.6 is 34.7 Å². The first-order valence-corrected chi connectivity index (χ1v) is 8.63. The number of nitrogens with zero attached hydrogens (tertiary/aromatic N) is 2. The summed E-state index contributed by atoms with van der Waals surface area (Å²) in [5, 5.41) is 1.19. The van der Waals surface area contributed by atoms with Crippen LogP contribution < -0.4 is 0 Å². The van der Waals surface area contributed by atoms with Crippen LogP contribution in [0.5, 0.6) is 0 Å². The quantitative estimate of drug-likeness (QED) is 0.461. The van der Waals surface area contributed by atoms with Crippen molar-refractivity contribution in [2.45, 2.75) is 18.7 Å². The van der Waals surface area contributed by atoms with Crippen molar-refractivity contribution in [3.63, 3.8) is 0 Å². The Balaban J connectivity index is 2.25. The molecule has 1 aromatic carbocycles. The van der Waals surface area contributed by atoms with E-state index in [1.807, 2.05) is 26.0 Å². The summed E-state index contributed by atoms with van der Waals surface area (Å²) in [6.45, 7) is 4.02. The third-order valence-corrected chi connectivity index (χ3v) is 5.14. The van der Waals surface area contributed by atoms with Gasteiger partial charge in [-0.2, -0.15) is 0 Å². The summed E-state index contributed by atoms with van der Waals surface area (Å²) in [7, 11) is 0. The Morgan fingerprint density at radius 3 is 2.90 bits per heavy atom. The summed E-state index contributed by atoms with van der Waals surface area (Å²) in [6.07, 6.45) is 0. The molecule has 2 heterocycles. The first-order chi connectivity index (χ1) is 10.1. The molecular weight excluding hydrogens is 327 g/mol. The molecule has 0 radical (unpaired) electrons. The van der Waals surface area contributed by atoms with Crippen molar-refractivity contribution < 1.29 is 4.39 Å². The van der Waals surface area contributed by atoms with Crippen molar-refractivity contribution in [3.8, 4) is 11.4 Å². The van der Waals surface area contributed by atoms with Gasteiger partial charge in [0.2, 0.25) is 0 Å². The van der Waals surface area contributed by atoms with Gasteiger partial charge in [-0.15, -0.1) is 23.1 Å². The number of rotatable bonds is 3. The number of thiophene rings is 1. The molecule has 21 heavy (non-hydrogen) atoms. The molecule has 3 rings (SSSR count). The summed E-state index contributed by atoms with van der Waals surface area (Å²) >= 11 is 9.34. The fourth-order valence-electron chi connectivity index (χ4n) is 2.12. The summed E-state index contributed by atoms with van der Waals surface area (Å²) in [6, 6.07) is 6.96. The Morgan fingerprint density at radius 1 is 1.33 bits per heavy atom. The molecule has 0 aliphatic rings. The average molecular weight is 339 g/mol. The minimum absolute atomic E-state index is 0.322. The van der Waals surface area contributed by atoms with E-state index in [1.165, 1.54) is 17.4 Å². The first-order valence-electron chi connectivity index (χ1n) is 6.45. The van der Waals surface area contributed by atoms with Gasteiger partial charge in [0.25, 0.3) is 0 Å². The third kappa shape index (κ3) is 2.78. The van der Waals surface area contributed by atoms with Crippen LogP contribution in [-0.2, 0) is 0 Å². The fourth-order valence-corrected chi connectivity index (χ4v) is 4.09. The second-order valence-corrected chi connectivity index (χ2v) is 7.36. The Morgan fingerprint density at radius 2 is 2.14 bits per heavy atom. The predicted molar refractivity (Wildman–Crippen MR) is 89.0 cm³/mol. The van der Waals surface area contributed by atoms with Crippen molar-refractivity contribution in [3.05, 3.63) is 40.1 Å². The van der Waals surface area contributed by atoms with E-state index in [2.05, 4.69) is 9.97 Å². The molecule has 0 bridgehead atoms. The number of hydrogen-bond donors (Lipinski definition) is 0. The summed E-state index contributed by atoms with van der Waals surface area (Å²) in [4.78, 5) is 11.5. The standard InChI is InChI=1S/C15H12ClFN2S2/c1-3-20-11-6-4-5-10(17)12(11)14-18-13(16)9-7-8(2)21-15(9)19-14/h4-7H,3H2,1-2H3. The van der Waals surface area contributed by atoms with Gasteiger partial charge in [0, 0.05) is 15.2 Å². The Bertz CT molecular complexity index is 817. The number of aromatic nitrogens is 2. The smallest absolute Gasteiger partial charge is 0.166 e. The second kappa shape index (κ2) is 5.91. The van der Waals surface area contributed by atoms with E-state index in [9.17, 15) is 4.39 Å². The van der Waals surface area contributed by atoms with Gasteiger partial charge in [0.05, 0.1) is 5.56 Å². The lowest BCUT2D eigenvalue weighted by Gasteiger charge is -2.08. The van der Waals surface area contributed by atoms with E-state index in [-0.39, 0.29) is 5.82 Å². The van der Waals surface area contributed by atoms with Crippen molar-refractivity contribution in [2.24, 2.45) is 0 Å². The Hall–Kier alpha value is -1.17. The summed E-state index contributed by atoms with van der Waals surface area (Å²) in [5.41, 5.74) is 0.430. The molecule has 0 unspecified atom stereocenters. The number of fused-ring (bicyclic) bond motifs is 1. The zero-order valence-electron chi connectivity index (χ0n) is 11.5. The van der Waals surface area contributed by atoms with Crippen LogP contribution in [0.1, 0.15) is 11.8 Å². The molecule has 108 valence electrons. The maximum absolute atomic E-state index is 14.3. The van der Waals surface area contributed by atoms with Gasteiger partial charge in [0.1, 0.15) is 15.8 Å². The van der Waals surface area contributed by atoms with Gasteiger partial charge in [-0.3, -0.25) is 0 Å². The molecular formula is C15H12ClFN2S2. The number of thioether (sulfide) groups is 1. The molecule has 2 aromatic heterocycles. The molecule has 0 amide bonds. The van der Waals surface area contributed by atoms with Crippen molar-refractivity contribution in [1.29, 1.82) is 0 Å². The summed E-state index contributed by atoms with van der Waals surface area (Å²) in [5.74, 6) is 0.880. The molecule has 0 aliphatic heterocycles. The highest BCUT2D eigenvalue weighted by Gasteiger charge is 2.17. The molecule has 6 heteroatoms. The lowest BCUT2D eigenvalue weighted by atomic mass is 10.2. The zero-order valence-corrected chi connectivity index (χ0v) is 13.9. The SMILES string of the molecule is CCSc1cccc(F)c1-c1nc(Cl)c2cc(C)sc2n1. The third-order valence-electron chi connectivity index (χ3n) is 2.97. The van der Waals surface area contributed by atoms with Crippen LogP contribution in [0, 0.1) is 12.7 Å². The Kier molecular flexibility index (Phi) is 4.15. The lowest BCUT2D eigenvalue weighted by Crippen LogP contribution is -1.95. The van der Waals surface area contributed by atoms with Crippen LogP contribution in [0.2, 0.25) is 5.15 Å². The first kappa shape index (κ1) is 14.8. The normalized spacial score (nSPS) is 11.2. The van der Waals surface area contributed by atoms with E-state index < -0.39 is 0 Å². The van der Waals surface area contributed by atoms with Crippen molar-refractivity contribution >= 4 is 44.9 Å². The van der Waals surface area contributed by atoms with E-state index in [0.717, 1.165) is 25.7 Å². The van der Waals surface area contributed by atoms with Gasteiger partial charge < -0.3 is 0 Å². The molecule has 0 saturated heterocycles. The van der Waals surface area contributed by atoms with E-state index in [0.29, 0.717) is 16.5 Å². The van der Waals surface area contributed by atoms with Gasteiger partial charge in [-0.05, 0) is 30.9 Å². The number of hydrogen-bond acceptors (Lipinski definition) is 4. The van der Waals surface area contributed by atoms with E-state index in [1.54, 1.807) is 17.8 Å². The van der Waals surface area contributed by atoms with Gasteiger partial charge in [-0.1, -0.05) is 24.6 Å². The molecule has 0 fully saturated rings. The van der Waals surface area contributed by atoms with Crippen LogP contribution in [-0.4, -0.2) is 15.7 Å². The number of benzene rings is 1. The van der Waals surface area contributed by atoms with Crippen molar-refractivity contribution in [2.75, 3.05) is 5.75 Å².